The molecule has 6 nitrogen and oxygen atoms in total. The summed E-state index contributed by atoms with van der Waals surface area (Å²) in [5, 5.41) is 14.3. The molecule has 0 aliphatic heterocycles. The molecule has 3 rings (SSSR count). The first kappa shape index (κ1) is 17.6. The zero-order valence-corrected chi connectivity index (χ0v) is 14.6. The summed E-state index contributed by atoms with van der Waals surface area (Å²) >= 11 is 5.81. The quantitative estimate of drug-likeness (QED) is 0.656. The van der Waals surface area contributed by atoms with Gasteiger partial charge < -0.3 is 10.6 Å². The monoisotopic (exact) mass is 366 g/mol. The average molecular weight is 367 g/mol. The number of amides is 1. The van der Waals surface area contributed by atoms with Crippen LogP contribution in [0.3, 0.4) is 0 Å². The molecular formula is C19H15ClN4O2. The van der Waals surface area contributed by atoms with Crippen molar-refractivity contribution in [1.82, 2.24) is 10.2 Å². The SMILES string of the molecule is CC(=O)c1ccc(Nc2ccc(NC(=O)c3ccc(Cl)cc3)nn2)cc1. The lowest BCUT2D eigenvalue weighted by Crippen LogP contribution is -2.13. The van der Waals surface area contributed by atoms with Gasteiger partial charge in [-0.3, -0.25) is 9.59 Å². The van der Waals surface area contributed by atoms with Crippen molar-refractivity contribution in [2.75, 3.05) is 10.6 Å². The number of anilines is 3. The Hall–Kier alpha value is -3.25. The van der Waals surface area contributed by atoms with E-state index in [2.05, 4.69) is 20.8 Å². The van der Waals surface area contributed by atoms with E-state index in [0.29, 0.717) is 27.8 Å². The molecule has 0 saturated heterocycles. The van der Waals surface area contributed by atoms with Crippen LogP contribution < -0.4 is 10.6 Å². The molecule has 0 atom stereocenters. The highest BCUT2D eigenvalue weighted by Crippen LogP contribution is 2.16. The van der Waals surface area contributed by atoms with Crippen molar-refractivity contribution in [2.45, 2.75) is 6.92 Å². The van der Waals surface area contributed by atoms with Gasteiger partial charge in [0.25, 0.3) is 5.91 Å². The summed E-state index contributed by atoms with van der Waals surface area (Å²) in [6.45, 7) is 1.52. The highest BCUT2D eigenvalue weighted by Gasteiger charge is 2.07. The van der Waals surface area contributed by atoms with Gasteiger partial charge in [-0.2, -0.15) is 0 Å². The molecule has 2 N–H and O–H groups in total. The number of Topliss-reactive ketones (excluding diaryl/α,β-unsaturated/α-hetero) is 1. The van der Waals surface area contributed by atoms with Gasteiger partial charge >= 0.3 is 0 Å². The third kappa shape index (κ3) is 4.43. The standard InChI is InChI=1S/C19H15ClN4O2/c1-12(25)13-4-8-16(9-5-13)21-17-10-11-18(24-23-17)22-19(26)14-2-6-15(20)7-3-14/h2-11H,1H3,(H,21,23)(H,22,24,26). The van der Waals surface area contributed by atoms with Crippen molar-refractivity contribution in [3.8, 4) is 0 Å². The van der Waals surface area contributed by atoms with Crippen LogP contribution in [0.4, 0.5) is 17.3 Å². The first-order valence-electron chi connectivity index (χ1n) is 7.80. The van der Waals surface area contributed by atoms with Crippen LogP contribution >= 0.6 is 11.6 Å². The highest BCUT2D eigenvalue weighted by molar-refractivity contribution is 6.30. The van der Waals surface area contributed by atoms with Crippen molar-refractivity contribution in [3.05, 3.63) is 76.8 Å². The van der Waals surface area contributed by atoms with E-state index < -0.39 is 0 Å². The van der Waals surface area contributed by atoms with Crippen LogP contribution in [0.1, 0.15) is 27.6 Å². The normalized spacial score (nSPS) is 10.2. The van der Waals surface area contributed by atoms with Crippen LogP contribution in [0.15, 0.2) is 60.7 Å². The summed E-state index contributed by atoms with van der Waals surface area (Å²) in [6, 6.07) is 16.9. The average Bonchev–Trinajstić information content (AvgIpc) is 2.64. The van der Waals surface area contributed by atoms with Crippen LogP contribution in [-0.4, -0.2) is 21.9 Å². The van der Waals surface area contributed by atoms with Crippen molar-refractivity contribution < 1.29 is 9.59 Å². The van der Waals surface area contributed by atoms with Gasteiger partial charge in [-0.05, 0) is 67.6 Å². The van der Waals surface area contributed by atoms with Gasteiger partial charge in [0.15, 0.2) is 17.4 Å². The summed E-state index contributed by atoms with van der Waals surface area (Å²) in [5.74, 6) is 0.570. The minimum atomic E-state index is -0.295. The molecule has 0 fully saturated rings. The van der Waals surface area contributed by atoms with Gasteiger partial charge in [-0.1, -0.05) is 11.6 Å². The van der Waals surface area contributed by atoms with E-state index in [4.69, 9.17) is 11.6 Å². The molecule has 26 heavy (non-hydrogen) atoms. The highest BCUT2D eigenvalue weighted by atomic mass is 35.5. The largest absolute Gasteiger partial charge is 0.339 e. The number of nitrogens with zero attached hydrogens (tertiary/aromatic N) is 2. The lowest BCUT2D eigenvalue weighted by atomic mass is 10.1. The number of carbonyl (C=O) groups excluding carboxylic acids is 2. The summed E-state index contributed by atoms with van der Waals surface area (Å²) < 4.78 is 0. The van der Waals surface area contributed by atoms with E-state index in [1.54, 1.807) is 60.7 Å². The molecule has 0 aliphatic carbocycles. The van der Waals surface area contributed by atoms with Gasteiger partial charge in [0, 0.05) is 21.8 Å². The van der Waals surface area contributed by atoms with Crippen molar-refractivity contribution in [1.29, 1.82) is 0 Å². The predicted molar refractivity (Wildman–Crippen MR) is 101 cm³/mol. The molecule has 0 unspecified atom stereocenters. The van der Waals surface area contributed by atoms with Gasteiger partial charge in [0.05, 0.1) is 0 Å². The Morgan fingerprint density at radius 3 is 1.96 bits per heavy atom. The van der Waals surface area contributed by atoms with Crippen LogP contribution in [-0.2, 0) is 0 Å². The smallest absolute Gasteiger partial charge is 0.256 e. The Bertz CT molecular complexity index is 923. The van der Waals surface area contributed by atoms with E-state index in [1.807, 2.05) is 0 Å². The summed E-state index contributed by atoms with van der Waals surface area (Å²) in [7, 11) is 0. The number of hydrogen-bond donors (Lipinski definition) is 2. The van der Waals surface area contributed by atoms with Crippen LogP contribution in [0, 0.1) is 0 Å². The molecule has 2 aromatic carbocycles. The summed E-state index contributed by atoms with van der Waals surface area (Å²) in [6.07, 6.45) is 0. The number of hydrogen-bond acceptors (Lipinski definition) is 5. The second-order valence-electron chi connectivity index (χ2n) is 5.52. The number of nitrogens with one attached hydrogen (secondary N) is 2. The van der Waals surface area contributed by atoms with Gasteiger partial charge in [-0.15, -0.1) is 10.2 Å². The summed E-state index contributed by atoms with van der Waals surface area (Å²) in [5.41, 5.74) is 1.90. The van der Waals surface area contributed by atoms with E-state index in [9.17, 15) is 9.59 Å². The molecule has 1 heterocycles. The number of aromatic nitrogens is 2. The van der Waals surface area contributed by atoms with E-state index in [1.165, 1.54) is 6.92 Å². The van der Waals surface area contributed by atoms with Crippen molar-refractivity contribution in [3.63, 3.8) is 0 Å². The Morgan fingerprint density at radius 2 is 1.38 bits per heavy atom. The van der Waals surface area contributed by atoms with Crippen molar-refractivity contribution in [2.24, 2.45) is 0 Å². The second kappa shape index (κ2) is 7.76. The third-order valence-electron chi connectivity index (χ3n) is 3.58. The Labute approximate surface area is 155 Å². The number of carbonyl (C=O) groups is 2. The first-order chi connectivity index (χ1) is 12.5. The van der Waals surface area contributed by atoms with Crippen LogP contribution in [0.25, 0.3) is 0 Å². The van der Waals surface area contributed by atoms with Crippen molar-refractivity contribution >= 4 is 40.6 Å². The van der Waals surface area contributed by atoms with E-state index in [0.717, 1.165) is 5.69 Å². The lowest BCUT2D eigenvalue weighted by Gasteiger charge is -2.07. The third-order valence-corrected chi connectivity index (χ3v) is 3.83. The molecular weight excluding hydrogens is 352 g/mol. The Morgan fingerprint density at radius 1 is 0.808 bits per heavy atom. The molecule has 0 spiro atoms. The zero-order valence-electron chi connectivity index (χ0n) is 13.9. The molecule has 1 amide bonds. The molecule has 0 aliphatic rings. The minimum absolute atomic E-state index is 0.0112. The lowest BCUT2D eigenvalue weighted by molar-refractivity contribution is 0.101. The maximum Gasteiger partial charge on any atom is 0.256 e. The van der Waals surface area contributed by atoms with Crippen LogP contribution in [0.5, 0.6) is 0 Å². The van der Waals surface area contributed by atoms with E-state index in [-0.39, 0.29) is 11.7 Å². The number of rotatable bonds is 5. The second-order valence-corrected chi connectivity index (χ2v) is 5.96. The number of halogens is 1. The zero-order chi connectivity index (χ0) is 18.5. The van der Waals surface area contributed by atoms with Gasteiger partial charge in [0.1, 0.15) is 0 Å². The van der Waals surface area contributed by atoms with Gasteiger partial charge in [-0.25, -0.2) is 0 Å². The first-order valence-corrected chi connectivity index (χ1v) is 8.18. The fraction of sp³-hybridized carbons (Fsp3) is 0.0526. The predicted octanol–water partition coefficient (Wildman–Crippen LogP) is 4.33. The fourth-order valence-corrected chi connectivity index (χ4v) is 2.32. The minimum Gasteiger partial charge on any atom is -0.339 e. The molecule has 1 aromatic heterocycles. The molecule has 7 heteroatoms. The maximum absolute atomic E-state index is 12.1. The number of ketones is 1. The van der Waals surface area contributed by atoms with Crippen LogP contribution in [0.2, 0.25) is 5.02 Å². The maximum atomic E-state index is 12.1. The molecule has 0 bridgehead atoms. The summed E-state index contributed by atoms with van der Waals surface area (Å²) in [4.78, 5) is 23.4. The fourth-order valence-electron chi connectivity index (χ4n) is 2.19. The Balaban J connectivity index is 1.63. The topological polar surface area (TPSA) is 84.0 Å². The van der Waals surface area contributed by atoms with Gasteiger partial charge in [0.2, 0.25) is 0 Å². The Kier molecular flexibility index (Phi) is 5.24. The van der Waals surface area contributed by atoms with E-state index >= 15 is 0 Å². The molecule has 0 radical (unpaired) electrons. The number of benzene rings is 2. The molecule has 130 valence electrons. The molecule has 0 saturated carbocycles. The molecule has 3 aromatic rings.